The van der Waals surface area contributed by atoms with Gasteiger partial charge in [-0.2, -0.15) is 0 Å². The summed E-state index contributed by atoms with van der Waals surface area (Å²) in [7, 11) is 1.59. The van der Waals surface area contributed by atoms with Crippen LogP contribution in [0.15, 0.2) is 42.5 Å². The van der Waals surface area contributed by atoms with Crippen LogP contribution in [0.1, 0.15) is 21.5 Å². The number of hydrogen-bond acceptors (Lipinski definition) is 2. The number of ether oxygens (including phenoxy) is 1. The molecule has 0 aliphatic heterocycles. The van der Waals surface area contributed by atoms with E-state index in [0.29, 0.717) is 11.8 Å². The van der Waals surface area contributed by atoms with Crippen LogP contribution in [0.2, 0.25) is 0 Å². The Morgan fingerprint density at radius 1 is 1.11 bits per heavy atom. The Balaban J connectivity index is 2.30. The number of carbonyl (C=O) groups excluding carboxylic acids is 1. The third kappa shape index (κ3) is 3.20. The monoisotopic (exact) mass is 254 g/mol. The van der Waals surface area contributed by atoms with Gasteiger partial charge >= 0.3 is 0 Å². The standard InChI is InChI=1S/C16H11FO2/c1-19-16-8-3-12(4-9-16)2-5-13-6-7-15(17)10-14(13)11-18/h3-4,6-11H,1H3. The molecule has 0 unspecified atom stereocenters. The molecule has 0 aliphatic carbocycles. The lowest BCUT2D eigenvalue weighted by Crippen LogP contribution is -1.89. The van der Waals surface area contributed by atoms with Gasteiger partial charge in [0.25, 0.3) is 0 Å². The van der Waals surface area contributed by atoms with Crippen molar-refractivity contribution in [1.82, 2.24) is 0 Å². The van der Waals surface area contributed by atoms with Gasteiger partial charge in [0.15, 0.2) is 6.29 Å². The molecule has 0 bridgehead atoms. The van der Waals surface area contributed by atoms with E-state index in [1.165, 1.54) is 18.2 Å². The minimum atomic E-state index is -0.447. The molecular weight excluding hydrogens is 243 g/mol. The molecule has 2 aromatic carbocycles. The molecule has 0 radical (unpaired) electrons. The summed E-state index contributed by atoms with van der Waals surface area (Å²) in [5, 5.41) is 0. The second-order valence-electron chi connectivity index (χ2n) is 3.83. The number of methoxy groups -OCH3 is 1. The predicted octanol–water partition coefficient (Wildman–Crippen LogP) is 3.05. The summed E-state index contributed by atoms with van der Waals surface area (Å²) in [6.45, 7) is 0. The maximum absolute atomic E-state index is 13.0. The highest BCUT2D eigenvalue weighted by Crippen LogP contribution is 2.11. The molecule has 0 aromatic heterocycles. The van der Waals surface area contributed by atoms with Crippen molar-refractivity contribution in [2.24, 2.45) is 0 Å². The summed E-state index contributed by atoms with van der Waals surface area (Å²) < 4.78 is 18.0. The Morgan fingerprint density at radius 3 is 2.47 bits per heavy atom. The number of benzene rings is 2. The average Bonchev–Trinajstić information content (AvgIpc) is 2.46. The molecule has 2 rings (SSSR count). The summed E-state index contributed by atoms with van der Waals surface area (Å²) in [5.74, 6) is 6.08. The van der Waals surface area contributed by atoms with E-state index in [9.17, 15) is 9.18 Å². The van der Waals surface area contributed by atoms with Gasteiger partial charge in [-0.25, -0.2) is 4.39 Å². The Bertz CT molecular complexity index is 649. The minimum Gasteiger partial charge on any atom is -0.497 e. The zero-order valence-corrected chi connectivity index (χ0v) is 10.3. The number of carbonyl (C=O) groups is 1. The lowest BCUT2D eigenvalue weighted by atomic mass is 10.1. The van der Waals surface area contributed by atoms with Crippen LogP contribution in [0.4, 0.5) is 4.39 Å². The van der Waals surface area contributed by atoms with E-state index < -0.39 is 5.82 Å². The van der Waals surface area contributed by atoms with Gasteiger partial charge in [-0.3, -0.25) is 4.79 Å². The first-order valence-electron chi connectivity index (χ1n) is 5.64. The molecule has 2 nitrogen and oxygen atoms in total. The van der Waals surface area contributed by atoms with Crippen LogP contribution in [-0.4, -0.2) is 13.4 Å². The third-order valence-electron chi connectivity index (χ3n) is 2.57. The molecule has 0 saturated heterocycles. The smallest absolute Gasteiger partial charge is 0.151 e. The van der Waals surface area contributed by atoms with Crippen molar-refractivity contribution in [3.63, 3.8) is 0 Å². The fourth-order valence-corrected chi connectivity index (χ4v) is 1.56. The van der Waals surface area contributed by atoms with Gasteiger partial charge in [0.1, 0.15) is 11.6 Å². The van der Waals surface area contributed by atoms with E-state index >= 15 is 0 Å². The minimum absolute atomic E-state index is 0.251. The molecule has 2 aromatic rings. The summed E-state index contributed by atoms with van der Waals surface area (Å²) in [6.07, 6.45) is 0.598. The quantitative estimate of drug-likeness (QED) is 0.608. The van der Waals surface area contributed by atoms with E-state index in [1.54, 1.807) is 19.2 Å². The van der Waals surface area contributed by atoms with Crippen LogP contribution in [0, 0.1) is 17.7 Å². The summed E-state index contributed by atoms with van der Waals surface area (Å²) in [4.78, 5) is 10.8. The first-order valence-corrected chi connectivity index (χ1v) is 5.64. The van der Waals surface area contributed by atoms with Crippen LogP contribution in [-0.2, 0) is 0 Å². The van der Waals surface area contributed by atoms with Crippen molar-refractivity contribution < 1.29 is 13.9 Å². The van der Waals surface area contributed by atoms with Crippen molar-refractivity contribution in [3.8, 4) is 17.6 Å². The Labute approximate surface area is 110 Å². The first kappa shape index (κ1) is 12.8. The fraction of sp³-hybridized carbons (Fsp3) is 0.0625. The Kier molecular flexibility index (Phi) is 3.94. The molecule has 0 amide bonds. The topological polar surface area (TPSA) is 26.3 Å². The maximum Gasteiger partial charge on any atom is 0.151 e. The van der Waals surface area contributed by atoms with Crippen LogP contribution < -0.4 is 4.74 Å². The van der Waals surface area contributed by atoms with Gasteiger partial charge < -0.3 is 4.74 Å². The molecule has 0 saturated carbocycles. The van der Waals surface area contributed by atoms with Crippen LogP contribution in [0.5, 0.6) is 5.75 Å². The highest BCUT2D eigenvalue weighted by Gasteiger charge is 2.00. The lowest BCUT2D eigenvalue weighted by Gasteiger charge is -1.98. The highest BCUT2D eigenvalue weighted by molar-refractivity contribution is 5.79. The molecule has 0 aliphatic rings. The number of aldehydes is 1. The molecule has 94 valence electrons. The van der Waals surface area contributed by atoms with Crippen molar-refractivity contribution in [3.05, 3.63) is 65.0 Å². The van der Waals surface area contributed by atoms with E-state index in [1.807, 2.05) is 12.1 Å². The van der Waals surface area contributed by atoms with E-state index in [4.69, 9.17) is 4.74 Å². The van der Waals surface area contributed by atoms with Crippen LogP contribution >= 0.6 is 0 Å². The van der Waals surface area contributed by atoms with Gasteiger partial charge in [-0.15, -0.1) is 0 Å². The molecular formula is C16H11FO2. The maximum atomic E-state index is 13.0. The Hall–Kier alpha value is -2.60. The molecule has 0 fully saturated rings. The first-order chi connectivity index (χ1) is 9.22. The second kappa shape index (κ2) is 5.83. The summed E-state index contributed by atoms with van der Waals surface area (Å²) >= 11 is 0. The van der Waals surface area contributed by atoms with Crippen molar-refractivity contribution in [2.75, 3.05) is 7.11 Å². The number of rotatable bonds is 2. The average molecular weight is 254 g/mol. The van der Waals surface area contributed by atoms with Crippen LogP contribution in [0.25, 0.3) is 0 Å². The van der Waals surface area contributed by atoms with Gasteiger partial charge in [0.05, 0.1) is 7.11 Å². The second-order valence-corrected chi connectivity index (χ2v) is 3.83. The Morgan fingerprint density at radius 2 is 1.84 bits per heavy atom. The predicted molar refractivity (Wildman–Crippen MR) is 70.8 cm³/mol. The van der Waals surface area contributed by atoms with E-state index in [0.717, 1.165) is 11.3 Å². The highest BCUT2D eigenvalue weighted by atomic mass is 19.1. The molecule has 19 heavy (non-hydrogen) atoms. The molecule has 0 spiro atoms. The van der Waals surface area contributed by atoms with Crippen molar-refractivity contribution >= 4 is 6.29 Å². The van der Waals surface area contributed by atoms with Gasteiger partial charge in [0, 0.05) is 16.7 Å². The summed E-state index contributed by atoms with van der Waals surface area (Å²) in [6, 6.07) is 11.2. The fourth-order valence-electron chi connectivity index (χ4n) is 1.56. The molecule has 3 heteroatoms. The normalized spacial score (nSPS) is 9.37. The molecule has 0 N–H and O–H groups in total. The van der Waals surface area contributed by atoms with Gasteiger partial charge in [-0.1, -0.05) is 11.8 Å². The molecule has 0 atom stereocenters. The molecule has 0 heterocycles. The SMILES string of the molecule is COc1ccc(C#Cc2ccc(F)cc2C=O)cc1. The zero-order chi connectivity index (χ0) is 13.7. The van der Waals surface area contributed by atoms with E-state index in [-0.39, 0.29) is 5.56 Å². The van der Waals surface area contributed by atoms with Crippen molar-refractivity contribution in [2.45, 2.75) is 0 Å². The lowest BCUT2D eigenvalue weighted by molar-refractivity contribution is 0.112. The zero-order valence-electron chi connectivity index (χ0n) is 10.3. The number of halogens is 1. The largest absolute Gasteiger partial charge is 0.497 e. The van der Waals surface area contributed by atoms with E-state index in [2.05, 4.69) is 11.8 Å². The number of hydrogen-bond donors (Lipinski definition) is 0. The van der Waals surface area contributed by atoms with Gasteiger partial charge in [-0.05, 0) is 42.5 Å². The van der Waals surface area contributed by atoms with Crippen molar-refractivity contribution in [1.29, 1.82) is 0 Å². The third-order valence-corrected chi connectivity index (χ3v) is 2.57. The van der Waals surface area contributed by atoms with Crippen LogP contribution in [0.3, 0.4) is 0 Å². The summed E-state index contributed by atoms with van der Waals surface area (Å²) in [5.41, 5.74) is 1.55. The van der Waals surface area contributed by atoms with Gasteiger partial charge in [0.2, 0.25) is 0 Å².